The van der Waals surface area contributed by atoms with Crippen LogP contribution in [0.15, 0.2) is 53.1 Å². The number of fused-ring (bicyclic) bond motifs is 1. The smallest absolute Gasteiger partial charge is 0.273 e. The molecule has 10 nitrogen and oxygen atoms in total. The Bertz CT molecular complexity index is 1260. The van der Waals surface area contributed by atoms with Crippen LogP contribution in [-0.4, -0.2) is 67.9 Å². The van der Waals surface area contributed by atoms with E-state index >= 15 is 0 Å². The van der Waals surface area contributed by atoms with Crippen molar-refractivity contribution < 1.29 is 32.7 Å². The van der Waals surface area contributed by atoms with Crippen molar-refractivity contribution in [1.29, 1.82) is 0 Å². The maximum Gasteiger partial charge on any atom is 0.273 e. The van der Waals surface area contributed by atoms with E-state index in [9.17, 15) is 18.8 Å². The lowest BCUT2D eigenvalue weighted by molar-refractivity contribution is -0.121. The highest BCUT2D eigenvalue weighted by molar-refractivity contribution is 6.02. The molecule has 0 fully saturated rings. The van der Waals surface area contributed by atoms with Crippen molar-refractivity contribution in [1.82, 2.24) is 15.2 Å². The highest BCUT2D eigenvalue weighted by Crippen LogP contribution is 2.34. The van der Waals surface area contributed by atoms with Crippen LogP contribution in [0.25, 0.3) is 0 Å². The van der Waals surface area contributed by atoms with Gasteiger partial charge in [-0.05, 0) is 56.6 Å². The molecule has 188 valence electrons. The zero-order valence-corrected chi connectivity index (χ0v) is 19.8. The average Bonchev–Trinajstić information content (AvgIpc) is 3.33. The highest BCUT2D eigenvalue weighted by atomic mass is 19.1. The van der Waals surface area contributed by atoms with E-state index in [0.717, 1.165) is 0 Å². The number of Topliss-reactive ketones (excluding diaryl/α,β-unsaturated/α-hetero) is 1. The average molecular weight is 496 g/mol. The van der Waals surface area contributed by atoms with Crippen molar-refractivity contribution in [3.8, 4) is 11.5 Å². The number of hydrogen-bond donors (Lipinski definition) is 1. The van der Waals surface area contributed by atoms with Crippen LogP contribution in [0.2, 0.25) is 0 Å². The summed E-state index contributed by atoms with van der Waals surface area (Å²) in [6.07, 6.45) is 1.24. The Kier molecular flexibility index (Phi) is 7.59. The van der Waals surface area contributed by atoms with Crippen molar-refractivity contribution >= 4 is 23.3 Å². The van der Waals surface area contributed by atoms with Crippen molar-refractivity contribution in [2.24, 2.45) is 0 Å². The van der Waals surface area contributed by atoms with E-state index < -0.39 is 5.82 Å². The second-order valence-corrected chi connectivity index (χ2v) is 8.30. The van der Waals surface area contributed by atoms with Crippen LogP contribution in [0.5, 0.6) is 11.5 Å². The van der Waals surface area contributed by atoms with Gasteiger partial charge in [0.1, 0.15) is 30.1 Å². The summed E-state index contributed by atoms with van der Waals surface area (Å²) in [4.78, 5) is 45.1. The monoisotopic (exact) mass is 496 g/mol. The molecule has 1 N–H and O–H groups in total. The number of amides is 2. The molecule has 11 heteroatoms. The molecule has 0 spiro atoms. The molecule has 4 rings (SSSR count). The molecule has 0 radical (unpaired) electrons. The first-order valence-electron chi connectivity index (χ1n) is 11.2. The van der Waals surface area contributed by atoms with Gasteiger partial charge in [0.15, 0.2) is 24.7 Å². The minimum atomic E-state index is -0.406. The van der Waals surface area contributed by atoms with Gasteiger partial charge in [0, 0.05) is 18.7 Å². The number of anilines is 1. The molecule has 0 atom stereocenters. The molecule has 1 aliphatic rings. The number of likely N-dealkylation sites (N-methyl/N-ethyl adjacent to an activating group) is 1. The van der Waals surface area contributed by atoms with Crippen LogP contribution < -0.4 is 19.7 Å². The van der Waals surface area contributed by atoms with E-state index in [1.54, 1.807) is 12.1 Å². The normalized spacial score (nSPS) is 12.8. The summed E-state index contributed by atoms with van der Waals surface area (Å²) in [5.74, 6) is -0.555. The number of halogens is 1. The predicted molar refractivity (Wildman–Crippen MR) is 127 cm³/mol. The number of ketones is 1. The summed E-state index contributed by atoms with van der Waals surface area (Å²) < 4.78 is 29.4. The van der Waals surface area contributed by atoms with Gasteiger partial charge in [0.2, 0.25) is 5.89 Å². The number of oxazole rings is 1. The fourth-order valence-electron chi connectivity index (χ4n) is 3.42. The van der Waals surface area contributed by atoms with Crippen LogP contribution in [-0.2, 0) is 11.3 Å². The minimum absolute atomic E-state index is 0.0517. The summed E-state index contributed by atoms with van der Waals surface area (Å²) in [5, 5.41) is 2.75. The quantitative estimate of drug-likeness (QED) is 0.426. The van der Waals surface area contributed by atoms with E-state index in [2.05, 4.69) is 10.3 Å². The molecule has 3 aromatic rings. The molecule has 2 aromatic carbocycles. The first-order valence-corrected chi connectivity index (χ1v) is 11.2. The van der Waals surface area contributed by atoms with Crippen LogP contribution in [0.1, 0.15) is 26.7 Å². The molecule has 0 saturated heterocycles. The zero-order valence-electron chi connectivity index (χ0n) is 19.8. The van der Waals surface area contributed by atoms with Crippen molar-refractivity contribution in [3.05, 3.63) is 71.7 Å². The van der Waals surface area contributed by atoms with Gasteiger partial charge in [-0.15, -0.1) is 0 Å². The van der Waals surface area contributed by atoms with Crippen LogP contribution in [0.3, 0.4) is 0 Å². The van der Waals surface area contributed by atoms with Gasteiger partial charge < -0.3 is 24.1 Å². The maximum atomic E-state index is 13.1. The number of nitrogens with one attached hydrogen (secondary N) is 1. The number of benzene rings is 2. The SMILES string of the molecule is CN(C)CCNC(=O)c1coc(CN2C(=O)COc3ccc(C(=O)COc4ccc(F)cc4)cc32)n1. The lowest BCUT2D eigenvalue weighted by Gasteiger charge is -2.28. The van der Waals surface area contributed by atoms with Crippen LogP contribution >= 0.6 is 0 Å². The first kappa shape index (κ1) is 24.9. The number of nitrogens with zero attached hydrogens (tertiary/aromatic N) is 3. The molecular formula is C25H25FN4O6. The molecule has 0 bridgehead atoms. The van der Waals surface area contributed by atoms with Crippen molar-refractivity contribution in [2.75, 3.05) is 45.3 Å². The molecule has 0 unspecified atom stereocenters. The second kappa shape index (κ2) is 11.0. The Morgan fingerprint density at radius 3 is 2.72 bits per heavy atom. The van der Waals surface area contributed by atoms with Crippen LogP contribution in [0.4, 0.5) is 10.1 Å². The van der Waals surface area contributed by atoms with E-state index in [1.165, 1.54) is 41.5 Å². The number of rotatable bonds is 10. The molecule has 2 amide bonds. The maximum absolute atomic E-state index is 13.1. The van der Waals surface area contributed by atoms with Gasteiger partial charge >= 0.3 is 0 Å². The van der Waals surface area contributed by atoms with E-state index in [1.807, 2.05) is 19.0 Å². The Morgan fingerprint density at radius 1 is 1.19 bits per heavy atom. The number of carbonyl (C=O) groups excluding carboxylic acids is 3. The summed E-state index contributed by atoms with van der Waals surface area (Å²) in [7, 11) is 3.80. The standard InChI is InChI=1S/C25H25FN4O6/c1-29(2)10-9-27-25(33)19-13-36-23(28-19)12-30-20-11-16(3-8-22(20)35-15-24(30)32)21(31)14-34-18-6-4-17(26)5-7-18/h3-8,11,13H,9-10,12,14-15H2,1-2H3,(H,27,33). The van der Waals surface area contributed by atoms with Crippen molar-refractivity contribution in [2.45, 2.75) is 6.54 Å². The summed E-state index contributed by atoms with van der Waals surface area (Å²) in [6.45, 7) is 0.609. The number of hydrogen-bond acceptors (Lipinski definition) is 8. The zero-order chi connectivity index (χ0) is 25.7. The van der Waals surface area contributed by atoms with Gasteiger partial charge in [-0.3, -0.25) is 19.3 Å². The van der Waals surface area contributed by atoms with Gasteiger partial charge in [-0.1, -0.05) is 0 Å². The summed E-state index contributed by atoms with van der Waals surface area (Å²) in [6, 6.07) is 10.0. The molecule has 36 heavy (non-hydrogen) atoms. The predicted octanol–water partition coefficient (Wildman–Crippen LogP) is 2.29. The Labute approximate surface area is 206 Å². The summed E-state index contributed by atoms with van der Waals surface area (Å²) >= 11 is 0. The van der Waals surface area contributed by atoms with E-state index in [0.29, 0.717) is 35.8 Å². The summed E-state index contributed by atoms with van der Waals surface area (Å²) in [5.41, 5.74) is 0.771. The third kappa shape index (κ3) is 6.05. The lowest BCUT2D eigenvalue weighted by atomic mass is 10.1. The van der Waals surface area contributed by atoms with Gasteiger partial charge in [0.25, 0.3) is 11.8 Å². The lowest BCUT2D eigenvalue weighted by Crippen LogP contribution is -2.38. The van der Waals surface area contributed by atoms with Gasteiger partial charge in [0.05, 0.1) is 5.69 Å². The number of carbonyl (C=O) groups is 3. The molecule has 0 saturated carbocycles. The molecule has 2 heterocycles. The van der Waals surface area contributed by atoms with E-state index in [-0.39, 0.29) is 48.9 Å². The van der Waals surface area contributed by atoms with Crippen LogP contribution in [0, 0.1) is 5.82 Å². The van der Waals surface area contributed by atoms with Crippen molar-refractivity contribution in [3.63, 3.8) is 0 Å². The molecule has 1 aromatic heterocycles. The Hall–Kier alpha value is -4.25. The van der Waals surface area contributed by atoms with Gasteiger partial charge in [-0.25, -0.2) is 9.37 Å². The van der Waals surface area contributed by atoms with E-state index in [4.69, 9.17) is 13.9 Å². The first-order chi connectivity index (χ1) is 17.3. The fraction of sp³-hybridized carbons (Fsp3) is 0.280. The largest absolute Gasteiger partial charge is 0.485 e. The Balaban J connectivity index is 1.45. The number of aromatic nitrogens is 1. The highest BCUT2D eigenvalue weighted by Gasteiger charge is 2.28. The Morgan fingerprint density at radius 2 is 1.97 bits per heavy atom. The topological polar surface area (TPSA) is 114 Å². The fourth-order valence-corrected chi connectivity index (χ4v) is 3.42. The minimum Gasteiger partial charge on any atom is -0.485 e. The number of ether oxygens (including phenoxy) is 2. The molecular weight excluding hydrogens is 471 g/mol. The van der Waals surface area contributed by atoms with Gasteiger partial charge in [-0.2, -0.15) is 0 Å². The third-order valence-corrected chi connectivity index (χ3v) is 5.33. The third-order valence-electron chi connectivity index (χ3n) is 5.33. The second-order valence-electron chi connectivity index (χ2n) is 8.30. The molecule has 1 aliphatic heterocycles. The molecule has 0 aliphatic carbocycles.